The number of hydrogen-bond donors (Lipinski definition) is 2. The Morgan fingerprint density at radius 3 is 2.79 bits per heavy atom. The second kappa shape index (κ2) is 10.6. The Labute approximate surface area is 218 Å². The number of alkyl halides is 1. The van der Waals surface area contributed by atoms with Crippen molar-refractivity contribution >= 4 is 17.5 Å². The number of ether oxygens (including phenoxy) is 1. The third-order valence-electron chi connectivity index (χ3n) is 6.89. The smallest absolute Gasteiger partial charge is 0.248 e. The summed E-state index contributed by atoms with van der Waals surface area (Å²) in [6.07, 6.45) is 0.336. The number of aliphatic hydroxyl groups is 1. The van der Waals surface area contributed by atoms with Gasteiger partial charge in [0.25, 0.3) is 0 Å². The Morgan fingerprint density at radius 2 is 2.08 bits per heavy atom. The van der Waals surface area contributed by atoms with E-state index in [1.54, 1.807) is 42.3 Å². The van der Waals surface area contributed by atoms with E-state index in [4.69, 9.17) is 9.84 Å². The molecule has 0 spiro atoms. The monoisotopic (exact) mass is 518 g/mol. The molecule has 10 nitrogen and oxygen atoms in total. The van der Waals surface area contributed by atoms with Crippen molar-refractivity contribution in [1.82, 2.24) is 19.7 Å². The van der Waals surface area contributed by atoms with Crippen LogP contribution in [-0.4, -0.2) is 68.6 Å². The molecule has 2 heterocycles. The average Bonchev–Trinajstić information content (AvgIpc) is 3.62. The fraction of sp³-hybridized carbons (Fsp3) is 0.370. The van der Waals surface area contributed by atoms with E-state index in [-0.39, 0.29) is 48.6 Å². The van der Waals surface area contributed by atoms with Gasteiger partial charge in [0.15, 0.2) is 12.0 Å². The van der Waals surface area contributed by atoms with Crippen LogP contribution in [0, 0.1) is 17.2 Å². The van der Waals surface area contributed by atoms with Crippen molar-refractivity contribution in [2.24, 2.45) is 13.0 Å². The number of aromatic nitrogens is 3. The minimum absolute atomic E-state index is 0.0245. The van der Waals surface area contributed by atoms with Crippen molar-refractivity contribution in [2.75, 3.05) is 25.0 Å². The molecule has 2 N–H and O–H groups in total. The summed E-state index contributed by atoms with van der Waals surface area (Å²) in [4.78, 5) is 29.9. The summed E-state index contributed by atoms with van der Waals surface area (Å²) in [7, 11) is 1.79. The van der Waals surface area contributed by atoms with Crippen LogP contribution in [-0.2, 0) is 16.6 Å². The minimum atomic E-state index is -1.44. The number of halogens is 1. The topological polar surface area (TPSA) is 133 Å². The molecule has 3 aromatic rings. The molecular formula is C27H27FN6O4. The lowest BCUT2D eigenvalue weighted by molar-refractivity contribution is -0.138. The van der Waals surface area contributed by atoms with Gasteiger partial charge in [-0.25, -0.2) is 9.37 Å². The van der Waals surface area contributed by atoms with Crippen LogP contribution in [0.3, 0.4) is 0 Å². The standard InChI is InChI=1S/C27H27FN6O4/c1-33-15-30-26(32-33)20-11-21(20)27(37)31-19-4-2-3-16(10-19)17-5-6-23(18(9-17)12-29)38-24-7-8-34(13-22(24)28)25(36)14-35/h2-6,9-10,15,20-22,24,35H,7-8,11,13-14H2,1H3,(H,31,37)/t20?,21?,22-,24+/m1/s1. The number of aliphatic hydroxyl groups excluding tert-OH is 1. The maximum absolute atomic E-state index is 14.7. The molecule has 2 fully saturated rings. The Bertz CT molecular complexity index is 1400. The zero-order valence-electron chi connectivity index (χ0n) is 20.7. The lowest BCUT2D eigenvalue weighted by Gasteiger charge is -2.34. The SMILES string of the molecule is Cn1cnc(C2CC2C(=O)Nc2cccc(-c3ccc(O[C@H]4CCN(C(=O)CO)C[C@H]4F)c(C#N)c3)c2)n1. The van der Waals surface area contributed by atoms with Gasteiger partial charge in [-0.3, -0.25) is 14.3 Å². The fourth-order valence-electron chi connectivity index (χ4n) is 4.71. The molecule has 5 rings (SSSR count). The first kappa shape index (κ1) is 25.4. The molecule has 1 saturated carbocycles. The van der Waals surface area contributed by atoms with Gasteiger partial charge in [0.2, 0.25) is 11.8 Å². The highest BCUT2D eigenvalue weighted by atomic mass is 19.1. The number of nitriles is 1. The number of likely N-dealkylation sites (tertiary alicyclic amines) is 1. The number of benzene rings is 2. The summed E-state index contributed by atoms with van der Waals surface area (Å²) >= 11 is 0. The third kappa shape index (κ3) is 5.35. The van der Waals surface area contributed by atoms with Crippen LogP contribution in [0.25, 0.3) is 11.1 Å². The van der Waals surface area contributed by atoms with Gasteiger partial charge in [0.1, 0.15) is 30.9 Å². The number of carbonyl (C=O) groups excluding carboxylic acids is 2. The van der Waals surface area contributed by atoms with Gasteiger partial charge < -0.3 is 20.1 Å². The molecule has 0 radical (unpaired) electrons. The predicted molar refractivity (Wildman–Crippen MR) is 135 cm³/mol. The van der Waals surface area contributed by atoms with E-state index in [1.807, 2.05) is 18.2 Å². The first-order chi connectivity index (χ1) is 18.4. The maximum atomic E-state index is 14.7. The van der Waals surface area contributed by atoms with Crippen LogP contribution in [0.2, 0.25) is 0 Å². The van der Waals surface area contributed by atoms with E-state index in [9.17, 15) is 19.2 Å². The third-order valence-corrected chi connectivity index (χ3v) is 6.89. The molecule has 0 bridgehead atoms. The summed E-state index contributed by atoms with van der Waals surface area (Å²) in [5.41, 5.74) is 2.42. The second-order valence-corrected chi connectivity index (χ2v) is 9.58. The Morgan fingerprint density at radius 1 is 1.26 bits per heavy atom. The molecule has 2 aromatic carbocycles. The molecule has 1 aliphatic carbocycles. The van der Waals surface area contributed by atoms with Crippen molar-refractivity contribution in [3.05, 3.63) is 60.2 Å². The maximum Gasteiger partial charge on any atom is 0.248 e. The zero-order valence-corrected chi connectivity index (χ0v) is 20.7. The molecule has 1 aliphatic heterocycles. The Balaban J connectivity index is 1.25. The largest absolute Gasteiger partial charge is 0.486 e. The van der Waals surface area contributed by atoms with Crippen molar-refractivity contribution in [3.63, 3.8) is 0 Å². The van der Waals surface area contributed by atoms with Crippen molar-refractivity contribution in [3.8, 4) is 22.9 Å². The number of hydrogen-bond acceptors (Lipinski definition) is 7. The van der Waals surface area contributed by atoms with Crippen LogP contribution in [0.5, 0.6) is 5.75 Å². The number of nitrogens with zero attached hydrogens (tertiary/aromatic N) is 5. The Kier molecular flexibility index (Phi) is 7.07. The Hall–Kier alpha value is -4.30. The zero-order chi connectivity index (χ0) is 26.8. The summed E-state index contributed by atoms with van der Waals surface area (Å²) < 4.78 is 22.1. The summed E-state index contributed by atoms with van der Waals surface area (Å²) in [6, 6.07) is 14.5. The van der Waals surface area contributed by atoms with E-state index in [0.29, 0.717) is 17.9 Å². The lowest BCUT2D eigenvalue weighted by atomic mass is 10.0. The molecule has 1 saturated heterocycles. The van der Waals surface area contributed by atoms with Gasteiger partial charge in [0.05, 0.1) is 12.1 Å². The fourth-order valence-corrected chi connectivity index (χ4v) is 4.71. The molecule has 2 amide bonds. The highest BCUT2D eigenvalue weighted by molar-refractivity contribution is 5.95. The molecule has 2 aliphatic rings. The normalized spacial score (nSPS) is 22.4. The van der Waals surface area contributed by atoms with E-state index < -0.39 is 24.8 Å². The predicted octanol–water partition coefficient (Wildman–Crippen LogP) is 2.41. The molecular weight excluding hydrogens is 491 g/mol. The summed E-state index contributed by atoms with van der Waals surface area (Å²) in [5, 5.41) is 26.0. The first-order valence-corrected chi connectivity index (χ1v) is 12.4. The average molecular weight is 519 g/mol. The first-order valence-electron chi connectivity index (χ1n) is 12.4. The highest BCUT2D eigenvalue weighted by Gasteiger charge is 2.46. The number of amides is 2. The lowest BCUT2D eigenvalue weighted by Crippen LogP contribution is -2.50. The molecule has 11 heteroatoms. The number of anilines is 1. The second-order valence-electron chi connectivity index (χ2n) is 9.58. The highest BCUT2D eigenvalue weighted by Crippen LogP contribution is 2.46. The number of rotatable bonds is 7. The van der Waals surface area contributed by atoms with Crippen molar-refractivity contribution in [1.29, 1.82) is 5.26 Å². The molecule has 38 heavy (non-hydrogen) atoms. The molecule has 2 unspecified atom stereocenters. The number of aryl methyl sites for hydroxylation is 1. The molecule has 196 valence electrons. The van der Waals surface area contributed by atoms with Gasteiger partial charge in [-0.15, -0.1) is 0 Å². The van der Waals surface area contributed by atoms with Crippen LogP contribution >= 0.6 is 0 Å². The molecule has 1 aromatic heterocycles. The number of carbonyl (C=O) groups is 2. The van der Waals surface area contributed by atoms with Crippen LogP contribution in [0.1, 0.15) is 30.1 Å². The van der Waals surface area contributed by atoms with Gasteiger partial charge >= 0.3 is 0 Å². The van der Waals surface area contributed by atoms with Crippen LogP contribution in [0.15, 0.2) is 48.8 Å². The van der Waals surface area contributed by atoms with Crippen LogP contribution < -0.4 is 10.1 Å². The van der Waals surface area contributed by atoms with E-state index >= 15 is 0 Å². The van der Waals surface area contributed by atoms with E-state index in [0.717, 1.165) is 11.1 Å². The van der Waals surface area contributed by atoms with Gasteiger partial charge in [-0.1, -0.05) is 18.2 Å². The number of nitrogens with one attached hydrogen (secondary N) is 1. The summed E-state index contributed by atoms with van der Waals surface area (Å²) in [6.45, 7) is -0.557. The van der Waals surface area contributed by atoms with Crippen molar-refractivity contribution < 1.29 is 23.8 Å². The van der Waals surface area contributed by atoms with Crippen molar-refractivity contribution in [2.45, 2.75) is 31.0 Å². The minimum Gasteiger partial charge on any atom is -0.486 e. The van der Waals surface area contributed by atoms with Crippen LogP contribution in [0.4, 0.5) is 10.1 Å². The van der Waals surface area contributed by atoms with Gasteiger partial charge in [0, 0.05) is 37.5 Å². The number of piperidine rings is 1. The summed E-state index contributed by atoms with van der Waals surface area (Å²) in [5.74, 6) is 0.184. The van der Waals surface area contributed by atoms with Gasteiger partial charge in [-0.2, -0.15) is 10.4 Å². The van der Waals surface area contributed by atoms with E-state index in [2.05, 4.69) is 21.5 Å². The quantitative estimate of drug-likeness (QED) is 0.491. The van der Waals surface area contributed by atoms with Gasteiger partial charge in [-0.05, 0) is 41.8 Å². The molecule has 4 atom stereocenters. The van der Waals surface area contributed by atoms with E-state index in [1.165, 1.54) is 4.90 Å².